The molecule has 0 amide bonds. The summed E-state index contributed by atoms with van der Waals surface area (Å²) in [5.41, 5.74) is 2.70. The molecule has 0 bridgehead atoms. The first-order valence-electron chi connectivity index (χ1n) is 6.63. The number of H-pyrrole nitrogens is 1. The van der Waals surface area contributed by atoms with E-state index in [2.05, 4.69) is 10.2 Å². The monoisotopic (exact) mass is 282 g/mol. The molecular weight excluding hydrogens is 268 g/mol. The number of benzene rings is 2. The van der Waals surface area contributed by atoms with E-state index in [1.807, 2.05) is 31.2 Å². The second-order valence-corrected chi connectivity index (χ2v) is 4.60. The third-order valence-electron chi connectivity index (χ3n) is 3.25. The molecule has 0 spiro atoms. The number of aromatic amines is 1. The molecule has 5 heteroatoms. The van der Waals surface area contributed by atoms with Crippen molar-refractivity contribution in [3.05, 3.63) is 48.0 Å². The van der Waals surface area contributed by atoms with Crippen molar-refractivity contribution in [2.75, 3.05) is 6.61 Å². The molecule has 3 aromatic rings. The summed E-state index contributed by atoms with van der Waals surface area (Å²) in [5.74, 6) is -0.136. The number of ether oxygens (including phenoxy) is 1. The van der Waals surface area contributed by atoms with Crippen LogP contribution in [0.2, 0.25) is 0 Å². The number of nitrogens with zero attached hydrogens (tertiary/aromatic N) is 1. The van der Waals surface area contributed by atoms with E-state index < -0.39 is 5.97 Å². The highest BCUT2D eigenvalue weighted by atomic mass is 16.5. The van der Waals surface area contributed by atoms with Gasteiger partial charge >= 0.3 is 5.97 Å². The Hall–Kier alpha value is -2.82. The van der Waals surface area contributed by atoms with Crippen molar-refractivity contribution in [1.29, 1.82) is 0 Å². The number of hydrogen-bond donors (Lipinski definition) is 2. The number of carbonyl (C=O) groups is 1. The van der Waals surface area contributed by atoms with Crippen LogP contribution in [0.15, 0.2) is 42.5 Å². The van der Waals surface area contributed by atoms with Crippen LogP contribution in [0.3, 0.4) is 0 Å². The number of carboxylic acids is 1. The molecule has 3 rings (SSSR count). The van der Waals surface area contributed by atoms with Crippen molar-refractivity contribution in [3.63, 3.8) is 0 Å². The first-order valence-corrected chi connectivity index (χ1v) is 6.63. The third kappa shape index (κ3) is 2.45. The number of hydrogen-bond acceptors (Lipinski definition) is 3. The third-order valence-corrected chi connectivity index (χ3v) is 3.25. The minimum atomic E-state index is -0.950. The topological polar surface area (TPSA) is 75.2 Å². The van der Waals surface area contributed by atoms with Gasteiger partial charge in [0.2, 0.25) is 0 Å². The SMILES string of the molecule is CCOc1ccc(-c2n[nH]c3cc(C(=O)O)ccc23)cc1. The van der Waals surface area contributed by atoms with E-state index in [0.29, 0.717) is 12.1 Å². The van der Waals surface area contributed by atoms with Crippen LogP contribution in [-0.2, 0) is 0 Å². The summed E-state index contributed by atoms with van der Waals surface area (Å²) in [4.78, 5) is 11.0. The van der Waals surface area contributed by atoms with Crippen LogP contribution in [0.1, 0.15) is 17.3 Å². The molecule has 5 nitrogen and oxygen atoms in total. The lowest BCUT2D eigenvalue weighted by Crippen LogP contribution is -1.94. The van der Waals surface area contributed by atoms with E-state index in [4.69, 9.17) is 9.84 Å². The zero-order valence-corrected chi connectivity index (χ0v) is 11.5. The average Bonchev–Trinajstić information content (AvgIpc) is 2.91. The summed E-state index contributed by atoms with van der Waals surface area (Å²) in [6, 6.07) is 12.6. The average molecular weight is 282 g/mol. The predicted octanol–water partition coefficient (Wildman–Crippen LogP) is 3.33. The number of aromatic carboxylic acids is 1. The van der Waals surface area contributed by atoms with Crippen LogP contribution in [-0.4, -0.2) is 27.9 Å². The van der Waals surface area contributed by atoms with E-state index in [0.717, 1.165) is 22.4 Å². The summed E-state index contributed by atoms with van der Waals surface area (Å²) in [6.07, 6.45) is 0. The van der Waals surface area contributed by atoms with Gasteiger partial charge in [0.15, 0.2) is 0 Å². The Balaban J connectivity index is 2.02. The fourth-order valence-corrected chi connectivity index (χ4v) is 2.25. The normalized spacial score (nSPS) is 10.7. The molecule has 0 aliphatic carbocycles. The maximum atomic E-state index is 11.0. The van der Waals surface area contributed by atoms with Gasteiger partial charge in [-0.25, -0.2) is 4.79 Å². The van der Waals surface area contributed by atoms with Crippen molar-refractivity contribution in [2.45, 2.75) is 6.92 Å². The van der Waals surface area contributed by atoms with Crippen LogP contribution in [0.4, 0.5) is 0 Å². The van der Waals surface area contributed by atoms with Gasteiger partial charge in [0.05, 0.1) is 23.4 Å². The Morgan fingerprint density at radius 1 is 1.24 bits per heavy atom. The Kier molecular flexibility index (Phi) is 3.31. The number of nitrogens with one attached hydrogen (secondary N) is 1. The molecular formula is C16H14N2O3. The molecule has 1 heterocycles. The first-order chi connectivity index (χ1) is 10.2. The van der Waals surface area contributed by atoms with Gasteiger partial charge in [-0.3, -0.25) is 5.10 Å². The molecule has 0 radical (unpaired) electrons. The van der Waals surface area contributed by atoms with Crippen LogP contribution in [0.5, 0.6) is 5.75 Å². The lowest BCUT2D eigenvalue weighted by atomic mass is 10.1. The maximum Gasteiger partial charge on any atom is 0.335 e. The van der Waals surface area contributed by atoms with Crippen LogP contribution < -0.4 is 4.74 Å². The molecule has 0 saturated carbocycles. The van der Waals surface area contributed by atoms with E-state index in [1.165, 1.54) is 0 Å². The smallest absolute Gasteiger partial charge is 0.335 e. The Labute approximate surface area is 121 Å². The molecule has 106 valence electrons. The predicted molar refractivity (Wildman–Crippen MR) is 79.7 cm³/mol. The van der Waals surface area contributed by atoms with Crippen molar-refractivity contribution in [2.24, 2.45) is 0 Å². The molecule has 0 saturated heterocycles. The fraction of sp³-hybridized carbons (Fsp3) is 0.125. The molecule has 0 fully saturated rings. The lowest BCUT2D eigenvalue weighted by molar-refractivity contribution is 0.0697. The molecule has 2 N–H and O–H groups in total. The molecule has 2 aromatic carbocycles. The van der Waals surface area contributed by atoms with Crippen molar-refractivity contribution < 1.29 is 14.6 Å². The van der Waals surface area contributed by atoms with Gasteiger partial charge in [-0.15, -0.1) is 0 Å². The summed E-state index contributed by atoms with van der Waals surface area (Å²) in [5, 5.41) is 17.1. The summed E-state index contributed by atoms with van der Waals surface area (Å²) >= 11 is 0. The van der Waals surface area contributed by atoms with E-state index in [1.54, 1.807) is 18.2 Å². The molecule has 21 heavy (non-hydrogen) atoms. The zero-order valence-electron chi connectivity index (χ0n) is 11.5. The van der Waals surface area contributed by atoms with E-state index in [-0.39, 0.29) is 5.56 Å². The Bertz CT molecular complexity index is 791. The molecule has 0 unspecified atom stereocenters. The van der Waals surface area contributed by atoms with Gasteiger partial charge in [-0.2, -0.15) is 5.10 Å². The van der Waals surface area contributed by atoms with Crippen molar-refractivity contribution >= 4 is 16.9 Å². The number of aromatic nitrogens is 2. The molecule has 1 aromatic heterocycles. The zero-order chi connectivity index (χ0) is 14.8. The van der Waals surface area contributed by atoms with E-state index in [9.17, 15) is 4.79 Å². The van der Waals surface area contributed by atoms with Crippen molar-refractivity contribution in [1.82, 2.24) is 10.2 Å². The maximum absolute atomic E-state index is 11.0. The van der Waals surface area contributed by atoms with Gasteiger partial charge in [-0.1, -0.05) is 0 Å². The summed E-state index contributed by atoms with van der Waals surface area (Å²) < 4.78 is 5.41. The van der Waals surface area contributed by atoms with Gasteiger partial charge in [0, 0.05) is 10.9 Å². The molecule has 0 atom stereocenters. The van der Waals surface area contributed by atoms with Gasteiger partial charge < -0.3 is 9.84 Å². The minimum Gasteiger partial charge on any atom is -0.494 e. The van der Waals surface area contributed by atoms with Gasteiger partial charge in [-0.05, 0) is 49.4 Å². The fourth-order valence-electron chi connectivity index (χ4n) is 2.25. The first kappa shape index (κ1) is 13.2. The summed E-state index contributed by atoms with van der Waals surface area (Å²) in [7, 11) is 0. The quantitative estimate of drug-likeness (QED) is 0.769. The van der Waals surface area contributed by atoms with Gasteiger partial charge in [0.25, 0.3) is 0 Å². The second-order valence-electron chi connectivity index (χ2n) is 4.60. The second kappa shape index (κ2) is 5.28. The minimum absolute atomic E-state index is 0.240. The summed E-state index contributed by atoms with van der Waals surface area (Å²) in [6.45, 7) is 2.57. The van der Waals surface area contributed by atoms with E-state index >= 15 is 0 Å². The van der Waals surface area contributed by atoms with Crippen molar-refractivity contribution in [3.8, 4) is 17.0 Å². The standard InChI is InChI=1S/C16H14N2O3/c1-2-21-12-6-3-10(4-7-12)15-13-8-5-11(16(19)20)9-14(13)17-18-15/h3-9H,2H2,1H3,(H,17,18)(H,19,20). The molecule has 0 aliphatic heterocycles. The lowest BCUT2D eigenvalue weighted by Gasteiger charge is -2.03. The highest BCUT2D eigenvalue weighted by Gasteiger charge is 2.11. The van der Waals surface area contributed by atoms with Crippen LogP contribution >= 0.6 is 0 Å². The highest BCUT2D eigenvalue weighted by molar-refractivity contribution is 5.98. The van der Waals surface area contributed by atoms with Gasteiger partial charge in [0.1, 0.15) is 5.75 Å². The number of carboxylic acid groups (broad SMARTS) is 1. The number of rotatable bonds is 4. The largest absolute Gasteiger partial charge is 0.494 e. The highest BCUT2D eigenvalue weighted by Crippen LogP contribution is 2.28. The molecule has 0 aliphatic rings. The Morgan fingerprint density at radius 2 is 2.00 bits per heavy atom. The van der Waals surface area contributed by atoms with Crippen LogP contribution in [0.25, 0.3) is 22.2 Å². The number of fused-ring (bicyclic) bond motifs is 1. The van der Waals surface area contributed by atoms with Crippen LogP contribution in [0, 0.1) is 0 Å². The Morgan fingerprint density at radius 3 is 2.67 bits per heavy atom.